The van der Waals surface area contributed by atoms with E-state index < -0.39 is 0 Å². The minimum Gasteiger partial charge on any atom is -0.341 e. The largest absolute Gasteiger partial charge is 0.341 e. The van der Waals surface area contributed by atoms with Crippen molar-refractivity contribution in [3.63, 3.8) is 0 Å². The molecule has 128 valence electrons. The molecule has 1 aromatic heterocycles. The summed E-state index contributed by atoms with van der Waals surface area (Å²) in [4.78, 5) is 18.1. The molecule has 2 N–H and O–H groups in total. The van der Waals surface area contributed by atoms with Crippen LogP contribution >= 0.6 is 24.8 Å². The lowest BCUT2D eigenvalue weighted by atomic mass is 9.93. The van der Waals surface area contributed by atoms with Gasteiger partial charge in [-0.2, -0.15) is 5.10 Å². The van der Waals surface area contributed by atoms with Crippen LogP contribution in [0.5, 0.6) is 0 Å². The predicted molar refractivity (Wildman–Crippen MR) is 95.7 cm³/mol. The van der Waals surface area contributed by atoms with Crippen molar-refractivity contribution < 1.29 is 4.79 Å². The molecule has 6 nitrogen and oxygen atoms in total. The molecule has 23 heavy (non-hydrogen) atoms. The average molecular weight is 360 g/mol. The van der Waals surface area contributed by atoms with Crippen molar-refractivity contribution in [3.8, 4) is 5.69 Å². The van der Waals surface area contributed by atoms with Gasteiger partial charge in [-0.05, 0) is 30.2 Å². The zero-order valence-electron chi connectivity index (χ0n) is 13.5. The molecule has 0 aliphatic rings. The van der Waals surface area contributed by atoms with Crippen LogP contribution in [0.15, 0.2) is 36.9 Å². The molecule has 2 rings (SSSR count). The van der Waals surface area contributed by atoms with Crippen LogP contribution in [0.2, 0.25) is 0 Å². The highest BCUT2D eigenvalue weighted by atomic mass is 35.5. The number of aromatic nitrogens is 3. The number of carbonyl (C=O) groups is 1. The van der Waals surface area contributed by atoms with E-state index in [1.54, 1.807) is 29.0 Å². The third-order valence-corrected chi connectivity index (χ3v) is 3.34. The summed E-state index contributed by atoms with van der Waals surface area (Å²) in [5, 5.41) is 4.07. The van der Waals surface area contributed by atoms with Crippen LogP contribution in [0.3, 0.4) is 0 Å². The molecule has 2 aromatic rings. The number of amides is 1. The summed E-state index contributed by atoms with van der Waals surface area (Å²) in [6.07, 6.45) is 3.06. The monoisotopic (exact) mass is 359 g/mol. The summed E-state index contributed by atoms with van der Waals surface area (Å²) in [6.45, 7) is 5.23. The highest BCUT2D eigenvalue weighted by molar-refractivity contribution is 5.94. The molecule has 8 heteroatoms. The molecule has 0 saturated carbocycles. The zero-order valence-corrected chi connectivity index (χ0v) is 15.1. The summed E-state index contributed by atoms with van der Waals surface area (Å²) in [7, 11) is 1.79. The van der Waals surface area contributed by atoms with Crippen LogP contribution in [0.1, 0.15) is 24.2 Å². The molecule has 0 fully saturated rings. The molecule has 0 radical (unpaired) electrons. The Kier molecular flexibility index (Phi) is 8.23. The number of benzene rings is 1. The first-order valence-electron chi connectivity index (χ1n) is 6.83. The van der Waals surface area contributed by atoms with E-state index in [0.29, 0.717) is 18.7 Å². The number of rotatable bonds is 5. The van der Waals surface area contributed by atoms with Gasteiger partial charge in [0.05, 0.1) is 5.69 Å². The van der Waals surface area contributed by atoms with Crippen LogP contribution in [-0.2, 0) is 0 Å². The standard InChI is InChI=1S/C15H21N5O.2ClH/c1-15(2,8-16)9-19(3)14(21)12-5-4-6-13(7-12)20-11-17-10-18-20;;/h4-7,10-11H,8-9,16H2,1-3H3;2*1H. The van der Waals surface area contributed by atoms with Crippen LogP contribution in [0.4, 0.5) is 0 Å². The summed E-state index contributed by atoms with van der Waals surface area (Å²) in [5.74, 6) is -0.0292. The van der Waals surface area contributed by atoms with Crippen LogP contribution in [0, 0.1) is 5.41 Å². The fourth-order valence-electron chi connectivity index (χ4n) is 2.12. The van der Waals surface area contributed by atoms with E-state index in [4.69, 9.17) is 5.73 Å². The maximum atomic E-state index is 12.5. The van der Waals surface area contributed by atoms with Gasteiger partial charge < -0.3 is 10.6 Å². The Hall–Kier alpha value is -1.63. The van der Waals surface area contributed by atoms with E-state index >= 15 is 0 Å². The first-order chi connectivity index (χ1) is 9.93. The second kappa shape index (κ2) is 8.86. The molecule has 0 bridgehead atoms. The molecular weight excluding hydrogens is 337 g/mol. The Morgan fingerprint density at radius 3 is 2.61 bits per heavy atom. The number of halogens is 2. The summed E-state index contributed by atoms with van der Waals surface area (Å²) in [6, 6.07) is 7.33. The maximum Gasteiger partial charge on any atom is 0.253 e. The molecular formula is C15H23Cl2N5O. The molecule has 0 spiro atoms. The van der Waals surface area contributed by atoms with Gasteiger partial charge in [-0.25, -0.2) is 9.67 Å². The first kappa shape index (κ1) is 21.4. The van der Waals surface area contributed by atoms with Crippen molar-refractivity contribution >= 4 is 30.7 Å². The van der Waals surface area contributed by atoms with Gasteiger partial charge in [-0.3, -0.25) is 4.79 Å². The van der Waals surface area contributed by atoms with Crippen molar-refractivity contribution in [2.45, 2.75) is 13.8 Å². The Balaban J connectivity index is 0.00000242. The van der Waals surface area contributed by atoms with E-state index in [1.807, 2.05) is 32.0 Å². The summed E-state index contributed by atoms with van der Waals surface area (Å²) < 4.78 is 1.63. The van der Waals surface area contributed by atoms with Gasteiger partial charge in [0.15, 0.2) is 0 Å². The maximum absolute atomic E-state index is 12.5. The molecule has 0 aliphatic heterocycles. The summed E-state index contributed by atoms with van der Waals surface area (Å²) in [5.41, 5.74) is 7.06. The highest BCUT2D eigenvalue weighted by Gasteiger charge is 2.22. The molecule has 0 unspecified atom stereocenters. The Labute approximate surface area is 148 Å². The number of nitrogens with zero attached hydrogens (tertiary/aromatic N) is 4. The van der Waals surface area contributed by atoms with Gasteiger partial charge in [0.25, 0.3) is 5.91 Å². The van der Waals surface area contributed by atoms with E-state index in [1.165, 1.54) is 6.33 Å². The van der Waals surface area contributed by atoms with Gasteiger partial charge in [0, 0.05) is 19.2 Å². The molecule has 1 aromatic carbocycles. The van der Waals surface area contributed by atoms with Crippen molar-refractivity contribution in [1.82, 2.24) is 19.7 Å². The molecule has 1 amide bonds. The third-order valence-electron chi connectivity index (χ3n) is 3.34. The van der Waals surface area contributed by atoms with Crippen LogP contribution < -0.4 is 5.73 Å². The lowest BCUT2D eigenvalue weighted by Gasteiger charge is -2.29. The van der Waals surface area contributed by atoms with Gasteiger partial charge in [0.2, 0.25) is 0 Å². The Morgan fingerprint density at radius 1 is 1.35 bits per heavy atom. The smallest absolute Gasteiger partial charge is 0.253 e. The van der Waals surface area contributed by atoms with E-state index in [9.17, 15) is 4.79 Å². The molecule has 1 heterocycles. The fourth-order valence-corrected chi connectivity index (χ4v) is 2.12. The van der Waals surface area contributed by atoms with Crippen molar-refractivity contribution in [3.05, 3.63) is 42.5 Å². The lowest BCUT2D eigenvalue weighted by Crippen LogP contribution is -2.39. The third kappa shape index (κ3) is 5.49. The van der Waals surface area contributed by atoms with E-state index in [2.05, 4.69) is 10.1 Å². The second-order valence-corrected chi connectivity index (χ2v) is 5.92. The number of nitrogens with two attached hydrogens (primary N) is 1. The number of carbonyl (C=O) groups excluding carboxylic acids is 1. The minimum atomic E-state index is -0.103. The second-order valence-electron chi connectivity index (χ2n) is 5.92. The Morgan fingerprint density at radius 2 is 2.04 bits per heavy atom. The van der Waals surface area contributed by atoms with Crippen molar-refractivity contribution in [1.29, 1.82) is 0 Å². The topological polar surface area (TPSA) is 77.0 Å². The SMILES string of the molecule is CN(CC(C)(C)CN)C(=O)c1cccc(-n2cncn2)c1.Cl.Cl. The zero-order chi connectivity index (χ0) is 15.5. The Bertz CT molecular complexity index is 616. The molecule has 0 aliphatic carbocycles. The van der Waals surface area contributed by atoms with Crippen LogP contribution in [-0.4, -0.2) is 45.7 Å². The minimum absolute atomic E-state index is 0. The molecule has 0 saturated heterocycles. The quantitative estimate of drug-likeness (QED) is 0.887. The van der Waals surface area contributed by atoms with Gasteiger partial charge >= 0.3 is 0 Å². The highest BCUT2D eigenvalue weighted by Crippen LogP contribution is 2.17. The number of hydrogen-bond acceptors (Lipinski definition) is 4. The first-order valence-corrected chi connectivity index (χ1v) is 6.83. The van der Waals surface area contributed by atoms with Gasteiger partial charge in [-0.15, -0.1) is 24.8 Å². The van der Waals surface area contributed by atoms with Crippen molar-refractivity contribution in [2.75, 3.05) is 20.1 Å². The van der Waals surface area contributed by atoms with Gasteiger partial charge in [-0.1, -0.05) is 19.9 Å². The van der Waals surface area contributed by atoms with Crippen molar-refractivity contribution in [2.24, 2.45) is 11.1 Å². The van der Waals surface area contributed by atoms with Crippen LogP contribution in [0.25, 0.3) is 5.69 Å². The van der Waals surface area contributed by atoms with Gasteiger partial charge in [0.1, 0.15) is 12.7 Å². The predicted octanol–water partition coefficient (Wildman–Crippen LogP) is 2.17. The molecule has 0 atom stereocenters. The summed E-state index contributed by atoms with van der Waals surface area (Å²) >= 11 is 0. The number of hydrogen-bond donors (Lipinski definition) is 1. The fraction of sp³-hybridized carbons (Fsp3) is 0.400. The van der Waals surface area contributed by atoms with E-state index in [0.717, 1.165) is 5.69 Å². The van der Waals surface area contributed by atoms with E-state index in [-0.39, 0.29) is 36.1 Å². The normalized spacial score (nSPS) is 10.4. The lowest BCUT2D eigenvalue weighted by molar-refractivity contribution is 0.0740. The average Bonchev–Trinajstić information content (AvgIpc) is 3.00.